The molecule has 1 saturated heterocycles. The predicted octanol–water partition coefficient (Wildman–Crippen LogP) is 0.385. The fourth-order valence-electron chi connectivity index (χ4n) is 6.53. The van der Waals surface area contributed by atoms with E-state index in [4.69, 9.17) is 5.73 Å². The van der Waals surface area contributed by atoms with Crippen LogP contribution in [-0.2, 0) is 36.9 Å². The van der Waals surface area contributed by atoms with Crippen molar-refractivity contribution < 1.29 is 44.4 Å². The summed E-state index contributed by atoms with van der Waals surface area (Å²) in [5.74, 6) is -8.95. The lowest BCUT2D eigenvalue weighted by Crippen LogP contribution is -2.61. The highest BCUT2D eigenvalue weighted by Gasteiger charge is 2.62. The zero-order chi connectivity index (χ0) is 28.7. The number of nitrogens with zero attached hydrogens (tertiary/aromatic N) is 2. The number of imide groups is 1. The van der Waals surface area contributed by atoms with Crippen molar-refractivity contribution in [2.75, 3.05) is 19.0 Å². The fourth-order valence-corrected chi connectivity index (χ4v) is 6.53. The van der Waals surface area contributed by atoms with E-state index in [1.54, 1.807) is 25.1 Å². The lowest BCUT2D eigenvalue weighted by molar-refractivity contribution is -0.152. The molecule has 1 aromatic rings. The summed E-state index contributed by atoms with van der Waals surface area (Å²) >= 11 is 0. The third-order valence-electron chi connectivity index (χ3n) is 8.55. The van der Waals surface area contributed by atoms with Crippen LogP contribution in [0.5, 0.6) is 5.75 Å². The van der Waals surface area contributed by atoms with Gasteiger partial charge in [-0.1, -0.05) is 6.92 Å². The van der Waals surface area contributed by atoms with Gasteiger partial charge in [0, 0.05) is 55.6 Å². The van der Waals surface area contributed by atoms with Gasteiger partial charge in [0.05, 0.1) is 12.1 Å². The molecule has 2 unspecified atom stereocenters. The molecule has 4 atom stereocenters. The molecule has 5 rings (SSSR count). The maximum Gasteiger partial charge on any atom is 0.255 e. The highest BCUT2D eigenvalue weighted by atomic mass is 16.3. The normalized spacial score (nSPS) is 28.5. The summed E-state index contributed by atoms with van der Waals surface area (Å²) in [7, 11) is 3.47. The average molecular weight is 540 g/mol. The van der Waals surface area contributed by atoms with Crippen molar-refractivity contribution in [3.63, 3.8) is 0 Å². The van der Waals surface area contributed by atoms with E-state index in [0.29, 0.717) is 11.3 Å². The van der Waals surface area contributed by atoms with Crippen molar-refractivity contribution in [2.24, 2.45) is 23.5 Å². The molecular weight excluding hydrogens is 510 g/mol. The molecule has 3 aliphatic carbocycles. The number of aromatic hydroxyl groups is 1. The number of hydrogen-bond donors (Lipinski definition) is 5. The number of primary amides is 1. The first-order chi connectivity index (χ1) is 18.2. The summed E-state index contributed by atoms with van der Waals surface area (Å²) in [5.41, 5.74) is 2.63. The predicted molar refractivity (Wildman–Crippen MR) is 135 cm³/mol. The highest BCUT2D eigenvalue weighted by Crippen LogP contribution is 2.54. The summed E-state index contributed by atoms with van der Waals surface area (Å²) < 4.78 is 0. The number of Topliss-reactive ketones (excluding diaryl/α,β-unsaturated/α-hetero) is 2. The Labute approximate surface area is 223 Å². The molecule has 3 amide bonds. The number of carbonyl (C=O) groups is 5. The van der Waals surface area contributed by atoms with Crippen LogP contribution in [0, 0.1) is 17.8 Å². The number of aliphatic hydroxyl groups excluding tert-OH is 2. The summed E-state index contributed by atoms with van der Waals surface area (Å²) in [5, 5.41) is 45.1. The lowest BCUT2D eigenvalue weighted by atomic mass is 9.56. The van der Waals surface area contributed by atoms with Crippen molar-refractivity contribution in [1.29, 1.82) is 0 Å². The Morgan fingerprint density at radius 2 is 1.74 bits per heavy atom. The van der Waals surface area contributed by atoms with Gasteiger partial charge in [0.2, 0.25) is 17.6 Å². The maximum atomic E-state index is 13.8. The Bertz CT molecular complexity index is 1440. The van der Waals surface area contributed by atoms with E-state index in [0.717, 1.165) is 4.90 Å². The first-order valence-corrected chi connectivity index (χ1v) is 12.6. The number of phenolic OH excluding ortho intramolecular Hbond substituents is 1. The van der Waals surface area contributed by atoms with E-state index in [1.807, 2.05) is 0 Å². The van der Waals surface area contributed by atoms with Crippen LogP contribution >= 0.6 is 0 Å². The van der Waals surface area contributed by atoms with Gasteiger partial charge in [-0.2, -0.15) is 0 Å². The molecule has 0 bridgehead atoms. The van der Waals surface area contributed by atoms with Crippen LogP contribution in [0.2, 0.25) is 0 Å². The summed E-state index contributed by atoms with van der Waals surface area (Å²) in [6, 6.07) is 1.62. The standard InChI is InChI=1S/C27H29N3O9/c1-10-14-7-11-6-13-15(29(2)3)8-12(9-30-16(31)4-5-17(30)32)22(34)19(13)23(35)18(11)24(36)27(14,39)25(37)20(21(10)33)26(28)38/h8,10-11,14,34-35,37,39H,4-7,9H2,1-3H3,(H2,28,38)/t10-,11?,14?,27-/m0/s1. The van der Waals surface area contributed by atoms with Gasteiger partial charge in [0.15, 0.2) is 11.4 Å². The van der Waals surface area contributed by atoms with Gasteiger partial charge in [-0.25, -0.2) is 0 Å². The van der Waals surface area contributed by atoms with E-state index in [1.165, 1.54) is 6.92 Å². The van der Waals surface area contributed by atoms with Crippen LogP contribution in [-0.4, -0.2) is 74.3 Å². The molecule has 206 valence electrons. The molecule has 1 saturated carbocycles. The Kier molecular flexibility index (Phi) is 5.87. The second-order valence-electron chi connectivity index (χ2n) is 10.9. The van der Waals surface area contributed by atoms with E-state index in [2.05, 4.69) is 0 Å². The number of nitrogens with two attached hydrogens (primary N) is 1. The molecule has 1 aromatic carbocycles. The van der Waals surface area contributed by atoms with Crippen LogP contribution in [0.15, 0.2) is 23.0 Å². The number of anilines is 1. The summed E-state index contributed by atoms with van der Waals surface area (Å²) in [4.78, 5) is 65.8. The van der Waals surface area contributed by atoms with Gasteiger partial charge >= 0.3 is 0 Å². The number of phenols is 1. The molecule has 12 nitrogen and oxygen atoms in total. The number of fused-ring (bicyclic) bond motifs is 3. The molecule has 6 N–H and O–H groups in total. The Hall–Kier alpha value is -4.19. The first kappa shape index (κ1) is 26.4. The quantitative estimate of drug-likeness (QED) is 0.263. The van der Waals surface area contributed by atoms with Crippen molar-refractivity contribution in [2.45, 2.75) is 44.8 Å². The molecule has 4 aliphatic rings. The second-order valence-corrected chi connectivity index (χ2v) is 10.9. The van der Waals surface area contributed by atoms with Gasteiger partial charge < -0.3 is 31.1 Å². The second kappa shape index (κ2) is 8.67. The van der Waals surface area contributed by atoms with Gasteiger partial charge in [-0.15, -0.1) is 0 Å². The number of benzene rings is 1. The van der Waals surface area contributed by atoms with Crippen molar-refractivity contribution >= 4 is 40.7 Å². The zero-order valence-electron chi connectivity index (χ0n) is 21.6. The number of ketones is 2. The summed E-state index contributed by atoms with van der Waals surface area (Å²) in [6.07, 6.45) is 0.267. The van der Waals surface area contributed by atoms with Gasteiger partial charge in [-0.05, 0) is 30.4 Å². The minimum Gasteiger partial charge on any atom is -0.508 e. The molecule has 39 heavy (non-hydrogen) atoms. The van der Waals surface area contributed by atoms with Crippen LogP contribution in [0.3, 0.4) is 0 Å². The Morgan fingerprint density at radius 1 is 1.13 bits per heavy atom. The van der Waals surface area contributed by atoms with Crippen molar-refractivity contribution in [1.82, 2.24) is 4.90 Å². The minimum absolute atomic E-state index is 0.0102. The third kappa shape index (κ3) is 3.50. The molecule has 1 heterocycles. The largest absolute Gasteiger partial charge is 0.508 e. The number of aliphatic hydroxyl groups is 3. The zero-order valence-corrected chi connectivity index (χ0v) is 21.6. The first-order valence-electron chi connectivity index (χ1n) is 12.6. The number of carbonyl (C=O) groups excluding carboxylic acids is 5. The minimum atomic E-state index is -2.68. The molecular formula is C27H29N3O9. The smallest absolute Gasteiger partial charge is 0.255 e. The number of rotatable bonds is 4. The van der Waals surface area contributed by atoms with E-state index < -0.39 is 75.5 Å². The molecule has 2 fully saturated rings. The Morgan fingerprint density at radius 3 is 2.31 bits per heavy atom. The molecule has 12 heteroatoms. The van der Waals surface area contributed by atoms with Crippen molar-refractivity contribution in [3.05, 3.63) is 39.7 Å². The van der Waals surface area contributed by atoms with Gasteiger partial charge in [0.25, 0.3) is 5.91 Å². The molecule has 0 spiro atoms. The van der Waals surface area contributed by atoms with Gasteiger partial charge in [-0.3, -0.25) is 28.9 Å². The monoisotopic (exact) mass is 539 g/mol. The molecule has 1 aliphatic heterocycles. The van der Waals surface area contributed by atoms with E-state index in [-0.39, 0.29) is 48.9 Å². The van der Waals surface area contributed by atoms with Crippen LogP contribution in [0.1, 0.15) is 42.9 Å². The lowest BCUT2D eigenvalue weighted by Gasteiger charge is -2.48. The fraction of sp³-hybridized carbons (Fsp3) is 0.444. The van der Waals surface area contributed by atoms with Gasteiger partial charge in [0.1, 0.15) is 22.8 Å². The Balaban J connectivity index is 1.70. The number of amides is 3. The third-order valence-corrected chi connectivity index (χ3v) is 8.55. The maximum absolute atomic E-state index is 13.8. The van der Waals surface area contributed by atoms with E-state index >= 15 is 0 Å². The average Bonchev–Trinajstić information content (AvgIpc) is 3.17. The number of hydrogen-bond acceptors (Lipinski definition) is 10. The van der Waals surface area contributed by atoms with Crippen LogP contribution < -0.4 is 10.6 Å². The SMILES string of the molecule is C[C@@H]1C(=O)C(C(N)=O)=C(O)[C@@]2(O)C(=O)C3=C(O)c4c(O)c(CN5C(=O)CCC5=O)cc(N(C)C)c4CC3CC12. The van der Waals surface area contributed by atoms with Crippen LogP contribution in [0.25, 0.3) is 5.76 Å². The summed E-state index contributed by atoms with van der Waals surface area (Å²) in [6.45, 7) is 1.20. The topological polar surface area (TPSA) is 199 Å². The molecule has 0 radical (unpaired) electrons. The van der Waals surface area contributed by atoms with E-state index in [9.17, 15) is 44.4 Å². The number of likely N-dealkylation sites (tertiary alicyclic amines) is 1. The van der Waals surface area contributed by atoms with Crippen molar-refractivity contribution in [3.8, 4) is 5.75 Å². The molecule has 0 aromatic heterocycles. The highest BCUT2D eigenvalue weighted by molar-refractivity contribution is 6.23. The van der Waals surface area contributed by atoms with Crippen LogP contribution in [0.4, 0.5) is 5.69 Å².